The largest absolute Gasteiger partial charge is 0.508 e. The second kappa shape index (κ2) is 3.49. The lowest BCUT2D eigenvalue weighted by molar-refractivity contribution is 0.452. The van der Waals surface area contributed by atoms with Gasteiger partial charge in [0.2, 0.25) is 0 Å². The molecule has 1 aromatic carbocycles. The highest BCUT2D eigenvalue weighted by atomic mass is 16.4. The number of hydrogen-bond acceptors (Lipinski definition) is 4. The molecule has 0 saturated carbocycles. The zero-order valence-electron chi connectivity index (χ0n) is 7.68. The van der Waals surface area contributed by atoms with Crippen LogP contribution < -0.4 is 5.63 Å². The van der Waals surface area contributed by atoms with Gasteiger partial charge in [0.15, 0.2) is 0 Å². The normalized spacial score (nSPS) is 10.1. The first-order valence-electron chi connectivity index (χ1n) is 4.29. The van der Waals surface area contributed by atoms with Crippen LogP contribution in [0.5, 0.6) is 11.5 Å². The van der Waals surface area contributed by atoms with Gasteiger partial charge in [0.1, 0.15) is 17.3 Å². The third-order valence-electron chi connectivity index (χ3n) is 1.89. The Hall–Kier alpha value is -2.23. The van der Waals surface area contributed by atoms with Crippen molar-refractivity contribution < 1.29 is 14.6 Å². The number of hydrogen-bond donors (Lipinski definition) is 2. The molecule has 4 heteroatoms. The number of phenols is 1. The van der Waals surface area contributed by atoms with Crippen LogP contribution in [0.3, 0.4) is 0 Å². The highest BCUT2D eigenvalue weighted by Crippen LogP contribution is 2.24. The van der Waals surface area contributed by atoms with Crippen LogP contribution in [0, 0.1) is 0 Å². The lowest BCUT2D eigenvalue weighted by atomic mass is 10.1. The molecule has 0 aliphatic rings. The Bertz CT molecular complexity index is 542. The van der Waals surface area contributed by atoms with Crippen molar-refractivity contribution in [2.75, 3.05) is 0 Å². The Morgan fingerprint density at radius 2 is 1.80 bits per heavy atom. The molecular weight excluding hydrogens is 196 g/mol. The summed E-state index contributed by atoms with van der Waals surface area (Å²) < 4.78 is 4.87. The maximum absolute atomic E-state index is 11.0. The number of phenolic OH excluding ortho intramolecular Hbond substituents is 1. The number of benzene rings is 1. The molecule has 0 fully saturated rings. The van der Waals surface area contributed by atoms with Gasteiger partial charge in [-0.1, -0.05) is 12.1 Å². The Labute approximate surface area is 85.0 Å². The van der Waals surface area contributed by atoms with E-state index in [0.717, 1.165) is 6.07 Å². The minimum atomic E-state index is -0.631. The highest BCUT2D eigenvalue weighted by Gasteiger charge is 2.04. The van der Waals surface area contributed by atoms with E-state index in [1.54, 1.807) is 12.1 Å². The summed E-state index contributed by atoms with van der Waals surface area (Å²) in [6.45, 7) is 0. The van der Waals surface area contributed by atoms with E-state index in [2.05, 4.69) is 0 Å². The average Bonchev–Trinajstić information content (AvgIpc) is 2.16. The summed E-state index contributed by atoms with van der Waals surface area (Å²) in [4.78, 5) is 11.0. The molecule has 0 aliphatic heterocycles. The van der Waals surface area contributed by atoms with Gasteiger partial charge >= 0.3 is 5.63 Å². The van der Waals surface area contributed by atoms with Crippen molar-refractivity contribution in [2.24, 2.45) is 0 Å². The summed E-state index contributed by atoms with van der Waals surface area (Å²) in [7, 11) is 0. The van der Waals surface area contributed by atoms with Gasteiger partial charge in [0.05, 0.1) is 6.07 Å². The van der Waals surface area contributed by atoms with Crippen LogP contribution in [0.25, 0.3) is 11.3 Å². The molecule has 0 spiro atoms. The summed E-state index contributed by atoms with van der Waals surface area (Å²) in [5, 5.41) is 18.4. The van der Waals surface area contributed by atoms with Crippen LogP contribution >= 0.6 is 0 Å². The van der Waals surface area contributed by atoms with Crippen molar-refractivity contribution in [2.45, 2.75) is 0 Å². The minimum Gasteiger partial charge on any atom is -0.508 e. The van der Waals surface area contributed by atoms with Gasteiger partial charge < -0.3 is 14.6 Å². The minimum absolute atomic E-state index is 0.0680. The first-order chi connectivity index (χ1) is 7.15. The zero-order valence-corrected chi connectivity index (χ0v) is 7.68. The van der Waals surface area contributed by atoms with Crippen LogP contribution in [-0.4, -0.2) is 10.2 Å². The van der Waals surface area contributed by atoms with Gasteiger partial charge in [0.25, 0.3) is 0 Å². The molecule has 0 amide bonds. The Balaban J connectivity index is 2.59. The second-order valence-corrected chi connectivity index (χ2v) is 3.05. The van der Waals surface area contributed by atoms with Crippen molar-refractivity contribution in [1.82, 2.24) is 0 Å². The molecule has 1 aromatic heterocycles. The van der Waals surface area contributed by atoms with Gasteiger partial charge in [-0.05, 0) is 12.1 Å². The second-order valence-electron chi connectivity index (χ2n) is 3.05. The van der Waals surface area contributed by atoms with Crippen LogP contribution in [0.1, 0.15) is 0 Å². The van der Waals surface area contributed by atoms with E-state index in [1.807, 2.05) is 0 Å². The fourth-order valence-electron chi connectivity index (χ4n) is 1.27. The van der Waals surface area contributed by atoms with E-state index in [4.69, 9.17) is 4.42 Å². The molecule has 0 aliphatic carbocycles. The summed E-state index contributed by atoms with van der Waals surface area (Å²) >= 11 is 0. The first kappa shape index (κ1) is 9.33. The molecule has 0 radical (unpaired) electrons. The molecular formula is C11H8O4. The van der Waals surface area contributed by atoms with E-state index in [0.29, 0.717) is 5.56 Å². The van der Waals surface area contributed by atoms with E-state index in [-0.39, 0.29) is 17.3 Å². The average molecular weight is 204 g/mol. The Morgan fingerprint density at radius 1 is 1.00 bits per heavy atom. The van der Waals surface area contributed by atoms with Crippen molar-refractivity contribution in [3.05, 3.63) is 46.8 Å². The molecule has 1 heterocycles. The van der Waals surface area contributed by atoms with E-state index in [9.17, 15) is 15.0 Å². The third-order valence-corrected chi connectivity index (χ3v) is 1.89. The smallest absolute Gasteiger partial charge is 0.339 e. The van der Waals surface area contributed by atoms with Crippen molar-refractivity contribution in [3.8, 4) is 22.8 Å². The standard InChI is InChI=1S/C11H8O4/c12-8-3-1-2-7(4-8)10-5-9(13)6-11(14)15-10/h1-6,12-13H. The van der Waals surface area contributed by atoms with Gasteiger partial charge in [-0.25, -0.2) is 4.79 Å². The van der Waals surface area contributed by atoms with Crippen LogP contribution in [0.2, 0.25) is 0 Å². The summed E-state index contributed by atoms with van der Waals surface area (Å²) in [5.74, 6) is 0.124. The number of rotatable bonds is 1. The number of aromatic hydroxyl groups is 2. The third kappa shape index (κ3) is 1.99. The molecule has 76 valence electrons. The summed E-state index contributed by atoms with van der Waals surface area (Å²) in [6, 6.07) is 8.52. The lowest BCUT2D eigenvalue weighted by Crippen LogP contribution is -1.95. The molecule has 2 N–H and O–H groups in total. The molecule has 2 aromatic rings. The SMILES string of the molecule is O=c1cc(O)cc(-c2cccc(O)c2)o1. The molecule has 0 atom stereocenters. The first-order valence-corrected chi connectivity index (χ1v) is 4.29. The van der Waals surface area contributed by atoms with Crippen LogP contribution in [0.15, 0.2) is 45.6 Å². The van der Waals surface area contributed by atoms with Gasteiger partial charge in [-0.3, -0.25) is 0 Å². The van der Waals surface area contributed by atoms with Gasteiger partial charge in [-0.15, -0.1) is 0 Å². The monoisotopic (exact) mass is 204 g/mol. The Kier molecular flexibility index (Phi) is 2.17. The predicted molar refractivity (Wildman–Crippen MR) is 53.7 cm³/mol. The topological polar surface area (TPSA) is 70.7 Å². The maximum atomic E-state index is 11.0. The molecule has 4 nitrogen and oxygen atoms in total. The van der Waals surface area contributed by atoms with Crippen LogP contribution in [0.4, 0.5) is 0 Å². The van der Waals surface area contributed by atoms with Gasteiger partial charge in [0, 0.05) is 11.6 Å². The zero-order chi connectivity index (χ0) is 10.8. The Morgan fingerprint density at radius 3 is 2.47 bits per heavy atom. The van der Waals surface area contributed by atoms with Gasteiger partial charge in [-0.2, -0.15) is 0 Å². The van der Waals surface area contributed by atoms with E-state index >= 15 is 0 Å². The molecule has 0 saturated heterocycles. The lowest BCUT2D eigenvalue weighted by Gasteiger charge is -2.00. The molecule has 2 rings (SSSR count). The fourth-order valence-corrected chi connectivity index (χ4v) is 1.27. The molecule has 0 bridgehead atoms. The van der Waals surface area contributed by atoms with Crippen molar-refractivity contribution in [1.29, 1.82) is 0 Å². The fraction of sp³-hybridized carbons (Fsp3) is 0. The summed E-state index contributed by atoms with van der Waals surface area (Å²) in [5.41, 5.74) is -0.101. The van der Waals surface area contributed by atoms with E-state index < -0.39 is 5.63 Å². The van der Waals surface area contributed by atoms with Crippen LogP contribution in [-0.2, 0) is 0 Å². The molecule has 15 heavy (non-hydrogen) atoms. The summed E-state index contributed by atoms with van der Waals surface area (Å²) in [6.07, 6.45) is 0. The molecule has 0 unspecified atom stereocenters. The van der Waals surface area contributed by atoms with E-state index in [1.165, 1.54) is 18.2 Å². The highest BCUT2D eigenvalue weighted by molar-refractivity contribution is 5.60. The predicted octanol–water partition coefficient (Wildman–Crippen LogP) is 1.72. The maximum Gasteiger partial charge on any atom is 0.339 e. The quantitative estimate of drug-likeness (QED) is 0.741. The van der Waals surface area contributed by atoms with Crippen molar-refractivity contribution in [3.63, 3.8) is 0 Å². The van der Waals surface area contributed by atoms with Crippen molar-refractivity contribution >= 4 is 0 Å².